The van der Waals surface area contributed by atoms with Gasteiger partial charge in [-0.3, -0.25) is 0 Å². The van der Waals surface area contributed by atoms with E-state index in [9.17, 15) is 0 Å². The zero-order chi connectivity index (χ0) is 15.0. The fourth-order valence-electron chi connectivity index (χ4n) is 2.81. The van der Waals surface area contributed by atoms with E-state index < -0.39 is 0 Å². The van der Waals surface area contributed by atoms with Gasteiger partial charge >= 0.3 is 0 Å². The summed E-state index contributed by atoms with van der Waals surface area (Å²) in [5.74, 6) is 0. The molecule has 0 fully saturated rings. The van der Waals surface area contributed by atoms with Gasteiger partial charge in [0.2, 0.25) is 0 Å². The molecule has 20 heavy (non-hydrogen) atoms. The Bertz CT molecular complexity index is 397. The van der Waals surface area contributed by atoms with Gasteiger partial charge in [-0.15, -0.1) is 0 Å². The molecule has 0 bridgehead atoms. The molecule has 1 aromatic rings. The van der Waals surface area contributed by atoms with Gasteiger partial charge in [-0.05, 0) is 56.7 Å². The molecule has 0 unspecified atom stereocenters. The minimum absolute atomic E-state index is 1.09. The van der Waals surface area contributed by atoms with Gasteiger partial charge in [0.1, 0.15) is 0 Å². The molecule has 1 rings (SSSR count). The normalized spacial score (nSPS) is 10.8. The molecule has 2 heteroatoms. The van der Waals surface area contributed by atoms with E-state index in [0.29, 0.717) is 0 Å². The number of unbranched alkanes of at least 4 members (excludes halogenated alkanes) is 2. The summed E-state index contributed by atoms with van der Waals surface area (Å²) < 4.78 is 0. The first kappa shape index (κ1) is 17.3. The lowest BCUT2D eigenvalue weighted by atomic mass is 9.95. The van der Waals surface area contributed by atoms with Gasteiger partial charge in [0.05, 0.1) is 10.2 Å². The fourth-order valence-corrected chi connectivity index (χ4v) is 3.17. The van der Waals surface area contributed by atoms with Crippen LogP contribution in [0.1, 0.15) is 64.5 Å². The van der Waals surface area contributed by atoms with Crippen molar-refractivity contribution in [1.82, 2.24) is 0 Å². The van der Waals surface area contributed by atoms with E-state index in [2.05, 4.69) is 55.0 Å². The Morgan fingerprint density at radius 1 is 0.850 bits per heavy atom. The molecule has 0 amide bonds. The fraction of sp³-hybridized carbons (Fsp3) is 0.667. The maximum Gasteiger partial charge on any atom is 0.0715 e. The minimum Gasteiger partial charge on any atom is -0.372 e. The van der Waals surface area contributed by atoms with Gasteiger partial charge in [-0.25, -0.2) is 0 Å². The first-order valence-corrected chi connectivity index (χ1v) is 8.80. The van der Waals surface area contributed by atoms with Crippen molar-refractivity contribution in [2.75, 3.05) is 18.0 Å². The van der Waals surface area contributed by atoms with E-state index >= 15 is 0 Å². The van der Waals surface area contributed by atoms with Crippen molar-refractivity contribution in [2.24, 2.45) is 0 Å². The molecule has 0 saturated heterocycles. The third kappa shape index (κ3) is 4.37. The maximum atomic E-state index is 3.83. The van der Waals surface area contributed by atoms with E-state index in [1.54, 1.807) is 11.1 Å². The van der Waals surface area contributed by atoms with Crippen LogP contribution < -0.4 is 10.1 Å². The summed E-state index contributed by atoms with van der Waals surface area (Å²) in [7, 11) is 3.83. The Balaban J connectivity index is 3.20. The Morgan fingerprint density at radius 2 is 1.40 bits per heavy atom. The standard InChI is InChI=1S/C18H30NSi/c1-5-9-11-15-16(12-10-6-2)18(20)14-13-17(15)19(7-3)8-4/h13-14H,5-12H2,1-4H3. The number of nitrogens with zero attached hydrogens (tertiary/aromatic N) is 1. The van der Waals surface area contributed by atoms with Crippen LogP contribution in [0.3, 0.4) is 0 Å². The van der Waals surface area contributed by atoms with E-state index in [-0.39, 0.29) is 0 Å². The average molecular weight is 289 g/mol. The van der Waals surface area contributed by atoms with Crippen LogP contribution in [0.25, 0.3) is 0 Å². The van der Waals surface area contributed by atoms with Crippen LogP contribution in [0.5, 0.6) is 0 Å². The van der Waals surface area contributed by atoms with Crippen molar-refractivity contribution in [3.05, 3.63) is 23.3 Å². The largest absolute Gasteiger partial charge is 0.372 e. The zero-order valence-electron chi connectivity index (χ0n) is 13.8. The summed E-state index contributed by atoms with van der Waals surface area (Å²) in [5.41, 5.74) is 4.58. The van der Waals surface area contributed by atoms with Crippen molar-refractivity contribution in [1.29, 1.82) is 0 Å². The molecule has 1 aromatic carbocycles. The van der Waals surface area contributed by atoms with Gasteiger partial charge in [0, 0.05) is 18.8 Å². The number of anilines is 1. The lowest BCUT2D eigenvalue weighted by Gasteiger charge is -2.27. The molecule has 0 heterocycles. The molecular formula is C18H30NSi. The Morgan fingerprint density at radius 3 is 1.90 bits per heavy atom. The van der Waals surface area contributed by atoms with Gasteiger partial charge < -0.3 is 4.90 Å². The predicted molar refractivity (Wildman–Crippen MR) is 92.6 cm³/mol. The van der Waals surface area contributed by atoms with Crippen molar-refractivity contribution < 1.29 is 0 Å². The van der Waals surface area contributed by atoms with Crippen LogP contribution in [0.4, 0.5) is 5.69 Å². The van der Waals surface area contributed by atoms with Crippen LogP contribution in [-0.4, -0.2) is 23.3 Å². The molecule has 0 N–H and O–H groups in total. The molecule has 1 nitrogen and oxygen atoms in total. The lowest BCUT2D eigenvalue weighted by molar-refractivity contribution is 0.752. The topological polar surface area (TPSA) is 3.24 Å². The van der Waals surface area contributed by atoms with Crippen LogP contribution in [0.2, 0.25) is 0 Å². The van der Waals surface area contributed by atoms with Crippen molar-refractivity contribution in [3.8, 4) is 0 Å². The third-order valence-electron chi connectivity index (χ3n) is 4.07. The lowest BCUT2D eigenvalue weighted by Crippen LogP contribution is -2.26. The Hall–Kier alpha value is -0.763. The monoisotopic (exact) mass is 288 g/mol. The summed E-state index contributed by atoms with van der Waals surface area (Å²) in [6, 6.07) is 4.54. The van der Waals surface area contributed by atoms with E-state index in [4.69, 9.17) is 0 Å². The highest BCUT2D eigenvalue weighted by atomic mass is 28.1. The summed E-state index contributed by atoms with van der Waals surface area (Å²) >= 11 is 0. The summed E-state index contributed by atoms with van der Waals surface area (Å²) in [5, 5.41) is 1.29. The molecule has 0 saturated carbocycles. The van der Waals surface area contributed by atoms with Crippen LogP contribution in [0.15, 0.2) is 12.1 Å². The second kappa shape index (κ2) is 9.22. The molecule has 0 atom stereocenters. The van der Waals surface area contributed by atoms with Gasteiger partial charge in [-0.1, -0.05) is 37.9 Å². The highest BCUT2D eigenvalue weighted by Gasteiger charge is 2.14. The molecule has 0 aliphatic heterocycles. The Kier molecular flexibility index (Phi) is 7.97. The molecule has 0 aliphatic rings. The number of hydrogen-bond acceptors (Lipinski definition) is 1. The van der Waals surface area contributed by atoms with Crippen LogP contribution in [-0.2, 0) is 12.8 Å². The second-order valence-corrected chi connectivity index (χ2v) is 6.01. The summed E-state index contributed by atoms with van der Waals surface area (Å²) in [6.45, 7) is 11.2. The van der Waals surface area contributed by atoms with Gasteiger partial charge in [0.15, 0.2) is 0 Å². The van der Waals surface area contributed by atoms with Crippen molar-refractivity contribution in [2.45, 2.75) is 66.2 Å². The maximum absolute atomic E-state index is 3.83. The smallest absolute Gasteiger partial charge is 0.0715 e. The summed E-state index contributed by atoms with van der Waals surface area (Å²) in [6.07, 6.45) is 7.48. The predicted octanol–water partition coefficient (Wildman–Crippen LogP) is 4.01. The first-order valence-electron chi connectivity index (χ1n) is 8.30. The first-order chi connectivity index (χ1) is 9.69. The molecule has 111 valence electrons. The van der Waals surface area contributed by atoms with Gasteiger partial charge in [-0.2, -0.15) is 0 Å². The molecule has 0 spiro atoms. The van der Waals surface area contributed by atoms with E-state index in [0.717, 1.165) is 13.1 Å². The number of hydrogen-bond donors (Lipinski definition) is 0. The molecule has 0 aromatic heterocycles. The highest BCUT2D eigenvalue weighted by molar-refractivity contribution is 6.33. The average Bonchev–Trinajstić information content (AvgIpc) is 2.46. The second-order valence-electron chi connectivity index (χ2n) is 5.47. The number of rotatable bonds is 9. The van der Waals surface area contributed by atoms with Crippen molar-refractivity contribution in [3.63, 3.8) is 0 Å². The van der Waals surface area contributed by atoms with Gasteiger partial charge in [0.25, 0.3) is 0 Å². The van der Waals surface area contributed by atoms with E-state index in [1.165, 1.54) is 49.4 Å². The minimum atomic E-state index is 1.09. The third-order valence-corrected chi connectivity index (χ3v) is 4.54. The molecule has 0 aliphatic carbocycles. The van der Waals surface area contributed by atoms with Crippen LogP contribution >= 0.6 is 0 Å². The summed E-state index contributed by atoms with van der Waals surface area (Å²) in [4.78, 5) is 2.49. The number of benzene rings is 1. The molecule has 3 radical (unpaired) electrons. The van der Waals surface area contributed by atoms with Crippen molar-refractivity contribution >= 4 is 21.1 Å². The van der Waals surface area contributed by atoms with E-state index in [1.807, 2.05) is 0 Å². The Labute approximate surface area is 129 Å². The molecular weight excluding hydrogens is 258 g/mol. The zero-order valence-corrected chi connectivity index (χ0v) is 14.8. The van der Waals surface area contributed by atoms with Crippen LogP contribution in [0, 0.1) is 0 Å². The highest BCUT2D eigenvalue weighted by Crippen LogP contribution is 2.26. The quantitative estimate of drug-likeness (QED) is 0.621. The SMILES string of the molecule is CCCCc1c([Si])ccc(N(CC)CC)c1CCCC.